The van der Waals surface area contributed by atoms with E-state index in [9.17, 15) is 27.3 Å². The van der Waals surface area contributed by atoms with E-state index in [1.807, 2.05) is 0 Å². The molecule has 0 bridgehead atoms. The molecule has 0 radical (unpaired) electrons. The lowest BCUT2D eigenvalue weighted by Crippen LogP contribution is -2.31. The normalized spacial score (nSPS) is 11.9. The molecule has 0 spiro atoms. The van der Waals surface area contributed by atoms with Gasteiger partial charge in [0, 0.05) is 26.2 Å². The van der Waals surface area contributed by atoms with Crippen molar-refractivity contribution in [1.29, 1.82) is 0 Å². The summed E-state index contributed by atoms with van der Waals surface area (Å²) in [6.07, 6.45) is -2.81. The van der Waals surface area contributed by atoms with Crippen molar-refractivity contribution in [3.05, 3.63) is 28.3 Å². The number of nitrogens with zero attached hydrogens (tertiary/aromatic N) is 2. The van der Waals surface area contributed by atoms with Crippen molar-refractivity contribution < 1.29 is 22.1 Å². The Hall–Kier alpha value is -1.81. The summed E-state index contributed by atoms with van der Waals surface area (Å²) >= 11 is 0. The Balaban J connectivity index is 3.28. The van der Waals surface area contributed by atoms with Gasteiger partial charge in [-0.2, -0.15) is 4.31 Å². The average Bonchev–Trinajstić information content (AvgIpc) is 2.36. The van der Waals surface area contributed by atoms with Crippen LogP contribution in [0.4, 0.5) is 20.2 Å². The van der Waals surface area contributed by atoms with Gasteiger partial charge in [0.05, 0.1) is 17.2 Å². The van der Waals surface area contributed by atoms with Gasteiger partial charge in [-0.1, -0.05) is 0 Å². The third-order valence-corrected chi connectivity index (χ3v) is 4.41. The minimum Gasteiger partial charge on any atom is -0.387 e. The number of nitro benzene ring substituents is 1. The van der Waals surface area contributed by atoms with Crippen molar-refractivity contribution in [1.82, 2.24) is 4.31 Å². The van der Waals surface area contributed by atoms with Crippen LogP contribution in [0.15, 0.2) is 23.1 Å². The molecular formula is C10H13F2N3O4S. The molecular weight excluding hydrogens is 296 g/mol. The molecule has 0 heterocycles. The minimum absolute atomic E-state index is 0.0275. The molecule has 0 aliphatic rings. The van der Waals surface area contributed by atoms with Gasteiger partial charge >= 0.3 is 0 Å². The first-order valence-electron chi connectivity index (χ1n) is 5.40. The maximum Gasteiger partial charge on any atom is 0.271 e. The van der Waals surface area contributed by atoms with Gasteiger partial charge in [-0.25, -0.2) is 17.2 Å². The van der Waals surface area contributed by atoms with Gasteiger partial charge in [-0.05, 0) is 6.07 Å². The van der Waals surface area contributed by atoms with Crippen LogP contribution in [-0.2, 0) is 10.0 Å². The van der Waals surface area contributed by atoms with Gasteiger partial charge in [-0.3, -0.25) is 10.1 Å². The average molecular weight is 309 g/mol. The fourth-order valence-corrected chi connectivity index (χ4v) is 2.84. The summed E-state index contributed by atoms with van der Waals surface area (Å²) in [5, 5.41) is 13.1. The molecule has 0 aliphatic heterocycles. The van der Waals surface area contributed by atoms with Crippen molar-refractivity contribution in [3.63, 3.8) is 0 Å². The van der Waals surface area contributed by atoms with E-state index in [1.54, 1.807) is 0 Å². The molecule has 1 rings (SSSR count). The van der Waals surface area contributed by atoms with Crippen LogP contribution in [0, 0.1) is 10.1 Å². The van der Waals surface area contributed by atoms with Crippen LogP contribution >= 0.6 is 0 Å². The van der Waals surface area contributed by atoms with Gasteiger partial charge in [0.15, 0.2) is 0 Å². The minimum atomic E-state index is -4.15. The standard InChI is InChI=1S/C10H13F2N3O4S/c1-13-8-5-7(15(16)17)3-4-9(8)20(18,19)14(2)6-10(11)12/h3-5,10,13H,6H2,1-2H3. The van der Waals surface area contributed by atoms with Crippen LogP contribution in [0.1, 0.15) is 0 Å². The SMILES string of the molecule is CNc1cc([N+](=O)[O-])ccc1S(=O)(=O)N(C)CC(F)F. The van der Waals surface area contributed by atoms with E-state index < -0.39 is 27.9 Å². The number of sulfonamides is 1. The molecule has 1 aromatic rings. The molecule has 20 heavy (non-hydrogen) atoms. The van der Waals surface area contributed by atoms with Crippen molar-refractivity contribution in [2.24, 2.45) is 0 Å². The summed E-state index contributed by atoms with van der Waals surface area (Å²) in [6.45, 7) is -0.956. The van der Waals surface area contributed by atoms with Gasteiger partial charge in [-0.15, -0.1) is 0 Å². The van der Waals surface area contributed by atoms with Gasteiger partial charge in [0.25, 0.3) is 12.1 Å². The summed E-state index contributed by atoms with van der Waals surface area (Å²) in [7, 11) is -1.75. The molecule has 0 amide bonds. The first kappa shape index (κ1) is 16.2. The number of nitro groups is 1. The third kappa shape index (κ3) is 3.39. The van der Waals surface area contributed by atoms with Crippen LogP contribution in [0.25, 0.3) is 0 Å². The number of anilines is 1. The molecule has 10 heteroatoms. The third-order valence-electron chi connectivity index (χ3n) is 2.53. The number of halogens is 2. The number of nitrogens with one attached hydrogen (secondary N) is 1. The Morgan fingerprint density at radius 1 is 1.45 bits per heavy atom. The van der Waals surface area contributed by atoms with Crippen LogP contribution in [0.2, 0.25) is 0 Å². The summed E-state index contributed by atoms with van der Waals surface area (Å²) in [5.41, 5.74) is -0.329. The number of alkyl halides is 2. The van der Waals surface area contributed by atoms with Crippen molar-refractivity contribution in [2.75, 3.05) is 26.0 Å². The zero-order chi connectivity index (χ0) is 15.5. The molecule has 0 saturated heterocycles. The highest BCUT2D eigenvalue weighted by Gasteiger charge is 2.27. The summed E-state index contributed by atoms with van der Waals surface area (Å²) < 4.78 is 49.3. The van der Waals surface area contributed by atoms with E-state index in [0.717, 1.165) is 25.2 Å². The highest BCUT2D eigenvalue weighted by Crippen LogP contribution is 2.28. The molecule has 0 fully saturated rings. The van der Waals surface area contributed by atoms with Gasteiger partial charge in [0.1, 0.15) is 4.90 Å². The Bertz CT molecular complexity index is 607. The fourth-order valence-electron chi connectivity index (χ4n) is 1.51. The van der Waals surface area contributed by atoms with E-state index in [4.69, 9.17) is 0 Å². The van der Waals surface area contributed by atoms with Gasteiger partial charge in [0.2, 0.25) is 10.0 Å². The molecule has 0 saturated carbocycles. The zero-order valence-electron chi connectivity index (χ0n) is 10.7. The molecule has 1 N–H and O–H groups in total. The van der Waals surface area contributed by atoms with E-state index in [-0.39, 0.29) is 16.3 Å². The van der Waals surface area contributed by atoms with Gasteiger partial charge < -0.3 is 5.32 Å². The highest BCUT2D eigenvalue weighted by molar-refractivity contribution is 7.89. The summed E-state index contributed by atoms with van der Waals surface area (Å²) in [6, 6.07) is 3.05. The fraction of sp³-hybridized carbons (Fsp3) is 0.400. The van der Waals surface area contributed by atoms with Crippen molar-refractivity contribution >= 4 is 21.4 Å². The molecule has 0 unspecified atom stereocenters. The molecule has 0 aromatic heterocycles. The van der Waals surface area contributed by atoms with Crippen LogP contribution in [-0.4, -0.2) is 44.7 Å². The van der Waals surface area contributed by atoms with E-state index in [0.29, 0.717) is 4.31 Å². The van der Waals surface area contributed by atoms with E-state index >= 15 is 0 Å². The molecule has 0 atom stereocenters. The predicted octanol–water partition coefficient (Wildman–Crippen LogP) is 1.52. The second-order valence-corrected chi connectivity index (χ2v) is 5.88. The molecule has 7 nitrogen and oxygen atoms in total. The lowest BCUT2D eigenvalue weighted by atomic mass is 10.3. The monoisotopic (exact) mass is 309 g/mol. The maximum absolute atomic E-state index is 12.3. The number of benzene rings is 1. The van der Waals surface area contributed by atoms with E-state index in [1.165, 1.54) is 7.05 Å². The lowest BCUT2D eigenvalue weighted by molar-refractivity contribution is -0.384. The number of non-ortho nitro benzene ring substituents is 1. The molecule has 0 aliphatic carbocycles. The smallest absolute Gasteiger partial charge is 0.271 e. The van der Waals surface area contributed by atoms with Crippen LogP contribution < -0.4 is 5.32 Å². The van der Waals surface area contributed by atoms with Crippen LogP contribution in [0.3, 0.4) is 0 Å². The lowest BCUT2D eigenvalue weighted by Gasteiger charge is -2.18. The summed E-state index contributed by atoms with van der Waals surface area (Å²) in [5.74, 6) is 0. The quantitative estimate of drug-likeness (QED) is 0.635. The first-order chi connectivity index (χ1) is 9.20. The van der Waals surface area contributed by atoms with Crippen LogP contribution in [0.5, 0.6) is 0 Å². The number of hydrogen-bond donors (Lipinski definition) is 1. The Morgan fingerprint density at radius 3 is 2.50 bits per heavy atom. The van der Waals surface area contributed by atoms with Crippen molar-refractivity contribution in [3.8, 4) is 0 Å². The number of rotatable bonds is 6. The predicted molar refractivity (Wildman–Crippen MR) is 68.5 cm³/mol. The molecule has 1 aromatic carbocycles. The van der Waals surface area contributed by atoms with Crippen molar-refractivity contribution in [2.45, 2.75) is 11.3 Å². The number of hydrogen-bond acceptors (Lipinski definition) is 5. The first-order valence-corrected chi connectivity index (χ1v) is 6.85. The Labute approximate surface area is 114 Å². The Kier molecular flexibility index (Phi) is 4.95. The topological polar surface area (TPSA) is 92.5 Å². The highest BCUT2D eigenvalue weighted by atomic mass is 32.2. The molecule has 112 valence electrons. The Morgan fingerprint density at radius 2 is 2.05 bits per heavy atom. The second kappa shape index (κ2) is 6.09. The van der Waals surface area contributed by atoms with E-state index in [2.05, 4.69) is 5.32 Å². The zero-order valence-corrected chi connectivity index (χ0v) is 11.5. The summed E-state index contributed by atoms with van der Waals surface area (Å²) in [4.78, 5) is 9.65. The second-order valence-electron chi connectivity index (χ2n) is 3.86. The maximum atomic E-state index is 12.3. The largest absolute Gasteiger partial charge is 0.387 e.